The molecule has 132 valence electrons. The molecular formula is C19H24N4O2. The highest BCUT2D eigenvalue weighted by Gasteiger charge is 2.15. The number of nitrogens with one attached hydrogen (secondary N) is 1. The summed E-state index contributed by atoms with van der Waals surface area (Å²) in [5.74, 6) is 1.09. The van der Waals surface area contributed by atoms with E-state index in [1.54, 1.807) is 6.20 Å². The van der Waals surface area contributed by atoms with E-state index in [0.717, 1.165) is 49.2 Å². The van der Waals surface area contributed by atoms with E-state index in [1.165, 1.54) is 0 Å². The van der Waals surface area contributed by atoms with Crippen LogP contribution in [0.25, 0.3) is 0 Å². The molecule has 0 spiro atoms. The van der Waals surface area contributed by atoms with Gasteiger partial charge in [0.2, 0.25) is 0 Å². The summed E-state index contributed by atoms with van der Waals surface area (Å²) in [6.45, 7) is 9.18. The largest absolute Gasteiger partial charge is 0.378 e. The number of rotatable bonds is 4. The maximum Gasteiger partial charge on any atom is 0.257 e. The van der Waals surface area contributed by atoms with Crippen molar-refractivity contribution >= 4 is 17.4 Å². The summed E-state index contributed by atoms with van der Waals surface area (Å²) in [7, 11) is 0. The van der Waals surface area contributed by atoms with E-state index in [0.29, 0.717) is 11.5 Å². The molecule has 1 fully saturated rings. The molecule has 0 bridgehead atoms. The van der Waals surface area contributed by atoms with Crippen LogP contribution < -0.4 is 10.2 Å². The van der Waals surface area contributed by atoms with Gasteiger partial charge in [0, 0.05) is 25.0 Å². The van der Waals surface area contributed by atoms with Crippen molar-refractivity contribution in [2.75, 3.05) is 36.5 Å². The smallest absolute Gasteiger partial charge is 0.257 e. The quantitative estimate of drug-likeness (QED) is 0.927. The molecule has 0 unspecified atom stereocenters. The van der Waals surface area contributed by atoms with Crippen molar-refractivity contribution in [2.24, 2.45) is 0 Å². The summed E-state index contributed by atoms with van der Waals surface area (Å²) in [6, 6.07) is 7.55. The predicted octanol–water partition coefficient (Wildman–Crippen LogP) is 3.00. The van der Waals surface area contributed by atoms with E-state index in [-0.39, 0.29) is 5.91 Å². The highest BCUT2D eigenvalue weighted by Crippen LogP contribution is 2.20. The van der Waals surface area contributed by atoms with Crippen LogP contribution in [0.2, 0.25) is 0 Å². The molecular weight excluding hydrogens is 316 g/mol. The molecule has 3 heterocycles. The topological polar surface area (TPSA) is 67.3 Å². The number of amides is 1. The molecule has 2 aromatic rings. The molecule has 25 heavy (non-hydrogen) atoms. The first-order chi connectivity index (χ1) is 12.0. The fourth-order valence-electron chi connectivity index (χ4n) is 2.72. The Balaban J connectivity index is 1.70. The number of hydrogen-bond acceptors (Lipinski definition) is 5. The third-order valence-electron chi connectivity index (χ3n) is 4.29. The van der Waals surface area contributed by atoms with E-state index in [2.05, 4.69) is 34.0 Å². The maximum absolute atomic E-state index is 12.4. The minimum absolute atomic E-state index is 0.174. The second-order valence-corrected chi connectivity index (χ2v) is 6.48. The summed E-state index contributed by atoms with van der Waals surface area (Å²) < 4.78 is 5.37. The highest BCUT2D eigenvalue weighted by molar-refractivity contribution is 6.04. The van der Waals surface area contributed by atoms with E-state index in [1.807, 2.05) is 31.2 Å². The van der Waals surface area contributed by atoms with Gasteiger partial charge in [0.1, 0.15) is 5.82 Å². The van der Waals surface area contributed by atoms with Crippen molar-refractivity contribution in [3.63, 3.8) is 0 Å². The average molecular weight is 340 g/mol. The van der Waals surface area contributed by atoms with Gasteiger partial charge in [-0.05, 0) is 37.1 Å². The van der Waals surface area contributed by atoms with Crippen LogP contribution in [0.4, 0.5) is 11.5 Å². The molecule has 0 atom stereocenters. The fourth-order valence-corrected chi connectivity index (χ4v) is 2.72. The molecule has 1 amide bonds. The number of ether oxygens (including phenoxy) is 1. The minimum Gasteiger partial charge on any atom is -0.378 e. The van der Waals surface area contributed by atoms with Gasteiger partial charge in [0.25, 0.3) is 5.91 Å². The van der Waals surface area contributed by atoms with Gasteiger partial charge in [-0.3, -0.25) is 9.78 Å². The molecule has 1 N–H and O–H groups in total. The van der Waals surface area contributed by atoms with Crippen molar-refractivity contribution in [3.8, 4) is 0 Å². The van der Waals surface area contributed by atoms with E-state index >= 15 is 0 Å². The zero-order chi connectivity index (χ0) is 17.8. The molecule has 1 saturated heterocycles. The van der Waals surface area contributed by atoms with Gasteiger partial charge in [-0.15, -0.1) is 0 Å². The fraction of sp³-hybridized carbons (Fsp3) is 0.421. The van der Waals surface area contributed by atoms with Crippen molar-refractivity contribution in [2.45, 2.75) is 26.7 Å². The number of aromatic nitrogens is 2. The van der Waals surface area contributed by atoms with Crippen LogP contribution in [-0.2, 0) is 4.74 Å². The molecule has 3 rings (SSSR count). The first-order valence-electron chi connectivity index (χ1n) is 8.62. The Bertz CT molecular complexity index is 738. The molecule has 0 aliphatic carbocycles. The Labute approximate surface area is 148 Å². The molecule has 2 aromatic heterocycles. The van der Waals surface area contributed by atoms with Gasteiger partial charge in [-0.1, -0.05) is 13.8 Å². The second kappa shape index (κ2) is 7.61. The number of carbonyl (C=O) groups excluding carboxylic acids is 1. The number of anilines is 2. The van der Waals surface area contributed by atoms with Gasteiger partial charge >= 0.3 is 0 Å². The molecule has 1 aliphatic heterocycles. The van der Waals surface area contributed by atoms with E-state index in [9.17, 15) is 4.79 Å². The standard InChI is InChI=1S/C19H24N4O2/c1-13(2)16-5-4-15(12-20-16)19(24)22-17-6-7-18(21-14(17)3)23-8-10-25-11-9-23/h4-7,12-13H,8-11H2,1-3H3,(H,22,24). The van der Waals surface area contributed by atoms with Gasteiger partial charge in [0.15, 0.2) is 0 Å². The number of pyridine rings is 2. The van der Waals surface area contributed by atoms with Crippen LogP contribution in [-0.4, -0.2) is 42.2 Å². The van der Waals surface area contributed by atoms with Crippen LogP contribution in [0, 0.1) is 6.92 Å². The molecule has 0 radical (unpaired) electrons. The van der Waals surface area contributed by atoms with Crippen molar-refractivity contribution in [1.82, 2.24) is 9.97 Å². The lowest BCUT2D eigenvalue weighted by atomic mass is 10.1. The Morgan fingerprint density at radius 2 is 1.96 bits per heavy atom. The third-order valence-corrected chi connectivity index (χ3v) is 4.29. The normalized spacial score (nSPS) is 14.6. The lowest BCUT2D eigenvalue weighted by Gasteiger charge is -2.28. The van der Waals surface area contributed by atoms with Crippen LogP contribution in [0.15, 0.2) is 30.5 Å². The summed E-state index contributed by atoms with van der Waals surface area (Å²) >= 11 is 0. The van der Waals surface area contributed by atoms with Gasteiger partial charge in [-0.2, -0.15) is 0 Å². The minimum atomic E-state index is -0.174. The molecule has 0 saturated carbocycles. The number of hydrogen-bond donors (Lipinski definition) is 1. The van der Waals surface area contributed by atoms with Gasteiger partial charge < -0.3 is 15.0 Å². The number of nitrogens with zero attached hydrogens (tertiary/aromatic N) is 3. The average Bonchev–Trinajstić information content (AvgIpc) is 2.64. The Morgan fingerprint density at radius 3 is 2.56 bits per heavy atom. The van der Waals surface area contributed by atoms with Crippen molar-refractivity contribution in [1.29, 1.82) is 0 Å². The summed E-state index contributed by atoms with van der Waals surface area (Å²) in [6.07, 6.45) is 1.62. The molecule has 1 aliphatic rings. The van der Waals surface area contributed by atoms with E-state index < -0.39 is 0 Å². The zero-order valence-corrected chi connectivity index (χ0v) is 15.0. The Hall–Kier alpha value is -2.47. The van der Waals surface area contributed by atoms with Gasteiger partial charge in [0.05, 0.1) is 30.2 Å². The number of morpholine rings is 1. The Morgan fingerprint density at radius 1 is 1.20 bits per heavy atom. The maximum atomic E-state index is 12.4. The lowest BCUT2D eigenvalue weighted by Crippen LogP contribution is -2.36. The molecule has 6 nitrogen and oxygen atoms in total. The lowest BCUT2D eigenvalue weighted by molar-refractivity contribution is 0.102. The second-order valence-electron chi connectivity index (χ2n) is 6.48. The van der Waals surface area contributed by atoms with Gasteiger partial charge in [-0.25, -0.2) is 4.98 Å². The monoisotopic (exact) mass is 340 g/mol. The van der Waals surface area contributed by atoms with Crippen LogP contribution >= 0.6 is 0 Å². The SMILES string of the molecule is Cc1nc(N2CCOCC2)ccc1NC(=O)c1ccc(C(C)C)nc1. The van der Waals surface area contributed by atoms with Crippen molar-refractivity contribution in [3.05, 3.63) is 47.4 Å². The number of carbonyl (C=O) groups is 1. The molecule has 0 aromatic carbocycles. The summed E-state index contributed by atoms with van der Waals surface area (Å²) in [5, 5.41) is 2.92. The van der Waals surface area contributed by atoms with Crippen molar-refractivity contribution < 1.29 is 9.53 Å². The third kappa shape index (κ3) is 4.14. The first-order valence-corrected chi connectivity index (χ1v) is 8.62. The first kappa shape index (κ1) is 17.4. The Kier molecular flexibility index (Phi) is 5.28. The molecule has 6 heteroatoms. The summed E-state index contributed by atoms with van der Waals surface area (Å²) in [4.78, 5) is 23.6. The van der Waals surface area contributed by atoms with Crippen LogP contribution in [0.5, 0.6) is 0 Å². The van der Waals surface area contributed by atoms with Crippen LogP contribution in [0.3, 0.4) is 0 Å². The van der Waals surface area contributed by atoms with Crippen LogP contribution in [0.1, 0.15) is 41.5 Å². The summed E-state index contributed by atoms with van der Waals surface area (Å²) in [5.41, 5.74) is 3.03. The predicted molar refractivity (Wildman–Crippen MR) is 98.3 cm³/mol. The highest BCUT2D eigenvalue weighted by atomic mass is 16.5. The zero-order valence-electron chi connectivity index (χ0n) is 15.0. The number of aryl methyl sites for hydroxylation is 1. The van der Waals surface area contributed by atoms with E-state index in [4.69, 9.17) is 4.74 Å².